The summed E-state index contributed by atoms with van der Waals surface area (Å²) in [4.78, 5) is 11.4. The van der Waals surface area contributed by atoms with Gasteiger partial charge in [0.2, 0.25) is 0 Å². The zero-order valence-corrected chi connectivity index (χ0v) is 8.98. The van der Waals surface area contributed by atoms with Gasteiger partial charge < -0.3 is 14.6 Å². The van der Waals surface area contributed by atoms with E-state index >= 15 is 0 Å². The molecule has 0 bridgehead atoms. The number of methoxy groups -OCH3 is 2. The Kier molecular flexibility index (Phi) is 3.86. The van der Waals surface area contributed by atoms with Gasteiger partial charge in [-0.25, -0.2) is 4.79 Å². The number of rotatable bonds is 3. The fourth-order valence-corrected chi connectivity index (χ4v) is 1.37. The molecular formula is C11H11NO4. The highest BCUT2D eigenvalue weighted by atomic mass is 16.5. The first-order valence-corrected chi connectivity index (χ1v) is 4.48. The van der Waals surface area contributed by atoms with Crippen molar-refractivity contribution < 1.29 is 19.4 Å². The van der Waals surface area contributed by atoms with Gasteiger partial charge in [-0.05, 0) is 6.07 Å². The Labute approximate surface area is 92.8 Å². The Morgan fingerprint density at radius 1 is 1.50 bits per heavy atom. The molecule has 5 nitrogen and oxygen atoms in total. The van der Waals surface area contributed by atoms with Crippen LogP contribution < -0.4 is 4.74 Å². The van der Waals surface area contributed by atoms with Crippen molar-refractivity contribution in [3.8, 4) is 11.8 Å². The van der Waals surface area contributed by atoms with Crippen LogP contribution in [-0.2, 0) is 11.3 Å². The van der Waals surface area contributed by atoms with Crippen molar-refractivity contribution in [2.24, 2.45) is 0 Å². The Hall–Kier alpha value is -2.06. The van der Waals surface area contributed by atoms with Gasteiger partial charge in [-0.3, -0.25) is 0 Å². The first kappa shape index (κ1) is 12.0. The van der Waals surface area contributed by atoms with Crippen molar-refractivity contribution in [3.63, 3.8) is 0 Å². The molecule has 0 aliphatic rings. The number of benzene rings is 1. The van der Waals surface area contributed by atoms with Crippen molar-refractivity contribution >= 4 is 5.97 Å². The molecule has 0 fully saturated rings. The van der Waals surface area contributed by atoms with Crippen molar-refractivity contribution in [3.05, 3.63) is 28.8 Å². The molecule has 0 aromatic heterocycles. The van der Waals surface area contributed by atoms with Gasteiger partial charge in [-0.15, -0.1) is 0 Å². The molecule has 84 valence electrons. The number of ether oxygens (including phenoxy) is 2. The summed E-state index contributed by atoms with van der Waals surface area (Å²) in [6.45, 7) is -0.265. The third-order valence-electron chi connectivity index (χ3n) is 2.13. The number of aliphatic hydroxyl groups is 1. The molecule has 0 atom stereocenters. The fraction of sp³-hybridized carbons (Fsp3) is 0.273. The quantitative estimate of drug-likeness (QED) is 0.765. The van der Waals surface area contributed by atoms with Crippen LogP contribution in [0.4, 0.5) is 0 Å². The predicted octanol–water partition coefficient (Wildman–Crippen LogP) is 0.846. The van der Waals surface area contributed by atoms with Crippen LogP contribution in [0.5, 0.6) is 5.75 Å². The average Bonchev–Trinajstić information content (AvgIpc) is 2.35. The molecule has 0 spiro atoms. The molecule has 0 saturated carbocycles. The second-order valence-corrected chi connectivity index (χ2v) is 2.94. The number of aliphatic hydroxyl groups excluding tert-OH is 1. The highest BCUT2D eigenvalue weighted by Gasteiger charge is 2.18. The molecular weight excluding hydrogens is 210 g/mol. The van der Waals surface area contributed by atoms with Gasteiger partial charge in [0, 0.05) is 5.56 Å². The maximum Gasteiger partial charge on any atom is 0.339 e. The molecule has 0 saturated heterocycles. The summed E-state index contributed by atoms with van der Waals surface area (Å²) >= 11 is 0. The highest BCUT2D eigenvalue weighted by Crippen LogP contribution is 2.27. The van der Waals surface area contributed by atoms with E-state index in [-0.39, 0.29) is 23.5 Å². The Morgan fingerprint density at radius 3 is 2.62 bits per heavy atom. The Morgan fingerprint density at radius 2 is 2.19 bits per heavy atom. The van der Waals surface area contributed by atoms with E-state index in [1.54, 1.807) is 0 Å². The van der Waals surface area contributed by atoms with Crippen LogP contribution in [0.2, 0.25) is 0 Å². The lowest BCUT2D eigenvalue weighted by Gasteiger charge is -2.10. The number of nitriles is 1. The number of hydrogen-bond acceptors (Lipinski definition) is 5. The van der Waals surface area contributed by atoms with E-state index in [0.29, 0.717) is 5.56 Å². The van der Waals surface area contributed by atoms with Gasteiger partial charge in [-0.2, -0.15) is 5.26 Å². The average molecular weight is 221 g/mol. The van der Waals surface area contributed by atoms with Crippen molar-refractivity contribution in [1.82, 2.24) is 0 Å². The van der Waals surface area contributed by atoms with Crippen LogP contribution in [0.1, 0.15) is 21.5 Å². The van der Waals surface area contributed by atoms with Crippen molar-refractivity contribution in [1.29, 1.82) is 5.26 Å². The summed E-state index contributed by atoms with van der Waals surface area (Å²) in [7, 11) is 2.60. The molecule has 0 unspecified atom stereocenters. The van der Waals surface area contributed by atoms with Crippen LogP contribution in [0, 0.1) is 11.3 Å². The first-order chi connectivity index (χ1) is 7.69. The minimum absolute atomic E-state index is 0.0703. The standard InChI is InChI=1S/C11H11NO4/c1-15-10-7(6-13)3-4-8(9(10)5-12)11(14)16-2/h3-4,13H,6H2,1-2H3. The maximum atomic E-state index is 11.4. The summed E-state index contributed by atoms with van der Waals surface area (Å²) in [6.07, 6.45) is 0. The predicted molar refractivity (Wildman–Crippen MR) is 55.0 cm³/mol. The molecule has 0 amide bonds. The smallest absolute Gasteiger partial charge is 0.339 e. The molecule has 5 heteroatoms. The van der Waals surface area contributed by atoms with Crippen molar-refractivity contribution in [2.75, 3.05) is 14.2 Å². The van der Waals surface area contributed by atoms with E-state index in [0.717, 1.165) is 0 Å². The summed E-state index contributed by atoms with van der Waals surface area (Å²) in [5, 5.41) is 18.0. The number of carbonyl (C=O) groups excluding carboxylic acids is 1. The largest absolute Gasteiger partial charge is 0.495 e. The van der Waals surface area contributed by atoms with E-state index in [4.69, 9.17) is 15.1 Å². The summed E-state index contributed by atoms with van der Waals surface area (Å²) < 4.78 is 9.55. The number of nitrogens with zero attached hydrogens (tertiary/aromatic N) is 1. The first-order valence-electron chi connectivity index (χ1n) is 4.48. The van der Waals surface area contributed by atoms with E-state index in [1.807, 2.05) is 6.07 Å². The van der Waals surface area contributed by atoms with Crippen LogP contribution in [0.15, 0.2) is 12.1 Å². The lowest BCUT2D eigenvalue weighted by atomic mass is 10.0. The monoisotopic (exact) mass is 221 g/mol. The van der Waals surface area contributed by atoms with Gasteiger partial charge >= 0.3 is 5.97 Å². The number of hydrogen-bond donors (Lipinski definition) is 1. The Balaban J connectivity index is 3.45. The molecule has 1 aromatic rings. The van der Waals surface area contributed by atoms with Crippen LogP contribution >= 0.6 is 0 Å². The summed E-state index contributed by atoms with van der Waals surface area (Å²) in [5.41, 5.74) is 0.645. The minimum Gasteiger partial charge on any atom is -0.495 e. The summed E-state index contributed by atoms with van der Waals surface area (Å²) in [5.74, 6) is -0.410. The fourth-order valence-electron chi connectivity index (χ4n) is 1.37. The number of esters is 1. The van der Waals surface area contributed by atoms with E-state index in [2.05, 4.69) is 4.74 Å². The maximum absolute atomic E-state index is 11.4. The lowest BCUT2D eigenvalue weighted by Crippen LogP contribution is -2.07. The topological polar surface area (TPSA) is 79.6 Å². The zero-order chi connectivity index (χ0) is 12.1. The normalized spacial score (nSPS) is 9.38. The van der Waals surface area contributed by atoms with Gasteiger partial charge in [0.25, 0.3) is 0 Å². The molecule has 0 heterocycles. The third-order valence-corrected chi connectivity index (χ3v) is 2.13. The number of carbonyl (C=O) groups is 1. The van der Waals surface area contributed by atoms with Crippen molar-refractivity contribution in [2.45, 2.75) is 6.61 Å². The SMILES string of the molecule is COC(=O)c1ccc(CO)c(OC)c1C#N. The van der Waals surface area contributed by atoms with E-state index in [9.17, 15) is 4.79 Å². The molecule has 1 N–H and O–H groups in total. The van der Waals surface area contributed by atoms with Crippen LogP contribution in [0.25, 0.3) is 0 Å². The van der Waals surface area contributed by atoms with Gasteiger partial charge in [0.15, 0.2) is 0 Å². The molecule has 1 aromatic carbocycles. The van der Waals surface area contributed by atoms with Crippen LogP contribution in [0.3, 0.4) is 0 Å². The lowest BCUT2D eigenvalue weighted by molar-refractivity contribution is 0.0600. The van der Waals surface area contributed by atoms with E-state index in [1.165, 1.54) is 26.4 Å². The van der Waals surface area contributed by atoms with Gasteiger partial charge in [-0.1, -0.05) is 6.07 Å². The highest BCUT2D eigenvalue weighted by molar-refractivity contribution is 5.93. The second-order valence-electron chi connectivity index (χ2n) is 2.94. The molecule has 16 heavy (non-hydrogen) atoms. The Bertz CT molecular complexity index is 448. The molecule has 1 rings (SSSR count). The summed E-state index contributed by atoms with van der Waals surface area (Å²) in [6, 6.07) is 4.82. The van der Waals surface area contributed by atoms with Gasteiger partial charge in [0.1, 0.15) is 17.4 Å². The molecule has 0 aliphatic heterocycles. The third kappa shape index (κ3) is 1.97. The van der Waals surface area contributed by atoms with E-state index < -0.39 is 5.97 Å². The van der Waals surface area contributed by atoms with Gasteiger partial charge in [0.05, 0.1) is 26.4 Å². The van der Waals surface area contributed by atoms with Crippen LogP contribution in [-0.4, -0.2) is 25.3 Å². The molecule has 0 radical (unpaired) electrons. The zero-order valence-electron chi connectivity index (χ0n) is 8.98. The second kappa shape index (κ2) is 5.14. The minimum atomic E-state index is -0.612. The molecule has 0 aliphatic carbocycles.